The normalized spacial score (nSPS) is 20.7. The largest absolute Gasteiger partial charge is 0.508 e. The molecule has 0 spiro atoms. The molecule has 4 aromatic carbocycles. The maximum absolute atomic E-state index is 14.6. The van der Waals surface area contributed by atoms with Gasteiger partial charge in [0, 0.05) is 10.4 Å². The molecule has 2 saturated heterocycles. The number of aromatic hydroxyl groups is 1. The number of hydrogen-bond acceptors (Lipinski definition) is 8. The highest BCUT2D eigenvalue weighted by Crippen LogP contribution is 2.59. The maximum atomic E-state index is 14.6. The number of amides is 1. The van der Waals surface area contributed by atoms with E-state index in [1.165, 1.54) is 0 Å². The zero-order valence-electron chi connectivity index (χ0n) is 25.3. The summed E-state index contributed by atoms with van der Waals surface area (Å²) in [5.74, 6) is 1.65. The lowest BCUT2D eigenvalue weighted by Crippen LogP contribution is -2.68. The number of fused-ring (bicyclic) bond motifs is 1. The first-order valence-electron chi connectivity index (χ1n) is 14.9. The van der Waals surface area contributed by atoms with Crippen LogP contribution in [0.15, 0.2) is 109 Å². The van der Waals surface area contributed by atoms with Crippen molar-refractivity contribution < 1.29 is 14.6 Å². The van der Waals surface area contributed by atoms with Crippen molar-refractivity contribution >= 4 is 23.4 Å². The molecule has 1 N–H and O–H groups in total. The topological polar surface area (TPSA) is 96.6 Å². The number of carbonyl (C=O) groups excluding carboxylic acids is 1. The Morgan fingerprint density at radius 3 is 2.33 bits per heavy atom. The van der Waals surface area contributed by atoms with Gasteiger partial charge in [-0.1, -0.05) is 72.8 Å². The van der Waals surface area contributed by atoms with Crippen molar-refractivity contribution in [3.8, 4) is 11.5 Å². The molecule has 228 valence electrons. The molecule has 5 aromatic rings. The number of ether oxygens (including phenoxy) is 1. The number of anilines is 1. The molecule has 0 radical (unpaired) electrons. The van der Waals surface area contributed by atoms with Gasteiger partial charge in [0.25, 0.3) is 0 Å². The zero-order valence-corrected chi connectivity index (χ0v) is 26.1. The number of carbonyl (C=O) groups is 1. The highest BCUT2D eigenvalue weighted by Gasteiger charge is 2.65. The van der Waals surface area contributed by atoms with Crippen molar-refractivity contribution in [3.63, 3.8) is 0 Å². The Morgan fingerprint density at radius 2 is 1.62 bits per heavy atom. The summed E-state index contributed by atoms with van der Waals surface area (Å²) in [6.07, 6.45) is 0. The molecule has 2 aliphatic heterocycles. The number of benzene rings is 4. The second kappa shape index (κ2) is 11.6. The van der Waals surface area contributed by atoms with Gasteiger partial charge in [0.05, 0.1) is 19.7 Å². The summed E-state index contributed by atoms with van der Waals surface area (Å²) in [5.41, 5.74) is 4.03. The zero-order chi connectivity index (χ0) is 31.1. The number of rotatable bonds is 9. The van der Waals surface area contributed by atoms with E-state index >= 15 is 0 Å². The summed E-state index contributed by atoms with van der Waals surface area (Å²) >= 11 is 1.79. The number of methoxy groups -OCH3 is 1. The monoisotopic (exact) mass is 618 g/mol. The minimum absolute atomic E-state index is 0.0370. The predicted octanol–water partition coefficient (Wildman–Crippen LogP) is 5.84. The van der Waals surface area contributed by atoms with Crippen LogP contribution in [0.2, 0.25) is 0 Å². The van der Waals surface area contributed by atoms with Crippen LogP contribution in [0.5, 0.6) is 11.5 Å². The fourth-order valence-electron chi connectivity index (χ4n) is 6.59. The summed E-state index contributed by atoms with van der Waals surface area (Å²) < 4.78 is 7.03. The Morgan fingerprint density at radius 1 is 0.933 bits per heavy atom. The van der Waals surface area contributed by atoms with Crippen LogP contribution in [0.1, 0.15) is 48.4 Å². The quantitative estimate of drug-likeness (QED) is 0.206. The van der Waals surface area contributed by atoms with E-state index in [4.69, 9.17) is 4.74 Å². The average Bonchev–Trinajstić information content (AvgIpc) is 3.61. The molecule has 7 rings (SSSR count). The van der Waals surface area contributed by atoms with Gasteiger partial charge in [0.15, 0.2) is 5.82 Å². The van der Waals surface area contributed by atoms with Crippen LogP contribution in [-0.4, -0.2) is 59.4 Å². The summed E-state index contributed by atoms with van der Waals surface area (Å²) in [5, 5.41) is 22.4. The fourth-order valence-corrected chi connectivity index (χ4v) is 8.28. The van der Waals surface area contributed by atoms with Gasteiger partial charge < -0.3 is 19.6 Å². The summed E-state index contributed by atoms with van der Waals surface area (Å²) in [4.78, 5) is 18.8. The highest BCUT2D eigenvalue weighted by atomic mass is 32.2. The molecular formula is C35H34N6O3S. The van der Waals surface area contributed by atoms with Crippen LogP contribution < -0.4 is 9.64 Å². The third kappa shape index (κ3) is 5.18. The number of tetrazole rings is 1. The molecule has 10 heteroatoms. The van der Waals surface area contributed by atoms with Crippen molar-refractivity contribution in [1.82, 2.24) is 25.1 Å². The first kappa shape index (κ1) is 28.9. The van der Waals surface area contributed by atoms with Gasteiger partial charge in [0.1, 0.15) is 29.0 Å². The number of phenols is 1. The standard InChI is InChI=1S/C35H34N6O3S/c1-35(2)31(32-36-37-38-39(32)22-23-17-19-27(42)20-18-23)41-33(43)30(34(41)45-35)40(26-14-8-5-9-15-26)29(24-11-6-4-7-12-24)25-13-10-16-28(21-25)44-3/h4-21,29-31,34,42H,22H2,1-3H3/t29?,30?,31?,34-/m1/s1. The Bertz CT molecular complexity index is 1800. The molecule has 2 aliphatic rings. The van der Waals surface area contributed by atoms with E-state index in [1.54, 1.807) is 35.7 Å². The Labute approximate surface area is 266 Å². The number of thioether (sulfide) groups is 1. The van der Waals surface area contributed by atoms with Crippen molar-refractivity contribution in [2.24, 2.45) is 0 Å². The SMILES string of the molecule is COc1cccc(C(c2ccccc2)N(c2ccccc2)C2C(=O)N3C(c4nnnn4Cc4ccc(O)cc4)C(C)(C)S[C@H]23)c1. The van der Waals surface area contributed by atoms with Gasteiger partial charge in [-0.05, 0) is 77.4 Å². The van der Waals surface area contributed by atoms with Gasteiger partial charge in [-0.3, -0.25) is 4.79 Å². The molecule has 0 bridgehead atoms. The van der Waals surface area contributed by atoms with E-state index in [0.29, 0.717) is 12.4 Å². The lowest BCUT2D eigenvalue weighted by Gasteiger charge is -2.52. The van der Waals surface area contributed by atoms with Crippen molar-refractivity contribution in [2.75, 3.05) is 12.0 Å². The molecule has 1 amide bonds. The first-order valence-corrected chi connectivity index (χ1v) is 15.8. The molecule has 45 heavy (non-hydrogen) atoms. The van der Waals surface area contributed by atoms with Crippen LogP contribution in [0.4, 0.5) is 5.69 Å². The number of para-hydroxylation sites is 1. The van der Waals surface area contributed by atoms with E-state index in [0.717, 1.165) is 28.1 Å². The minimum atomic E-state index is -0.431. The smallest absolute Gasteiger partial charge is 0.250 e. The van der Waals surface area contributed by atoms with E-state index in [1.807, 2.05) is 65.6 Å². The van der Waals surface area contributed by atoms with Gasteiger partial charge in [-0.2, -0.15) is 0 Å². The van der Waals surface area contributed by atoms with Crippen LogP contribution in [-0.2, 0) is 11.3 Å². The molecule has 3 unspecified atom stereocenters. The third-order valence-electron chi connectivity index (χ3n) is 8.64. The minimum Gasteiger partial charge on any atom is -0.508 e. The molecule has 3 heterocycles. The Kier molecular flexibility index (Phi) is 7.45. The maximum Gasteiger partial charge on any atom is 0.250 e. The van der Waals surface area contributed by atoms with Gasteiger partial charge in [-0.25, -0.2) is 4.68 Å². The van der Waals surface area contributed by atoms with Gasteiger partial charge in [-0.15, -0.1) is 16.9 Å². The lowest BCUT2D eigenvalue weighted by molar-refractivity contribution is -0.148. The molecule has 9 nitrogen and oxygen atoms in total. The van der Waals surface area contributed by atoms with Crippen molar-refractivity contribution in [3.05, 3.63) is 132 Å². The second-order valence-electron chi connectivity index (χ2n) is 11.9. The summed E-state index contributed by atoms with van der Waals surface area (Å²) in [7, 11) is 1.67. The van der Waals surface area contributed by atoms with Crippen LogP contribution in [0, 0.1) is 0 Å². The number of nitrogens with zero attached hydrogens (tertiary/aromatic N) is 6. The highest BCUT2D eigenvalue weighted by molar-refractivity contribution is 8.01. The van der Waals surface area contributed by atoms with Crippen molar-refractivity contribution in [2.45, 2.75) is 48.6 Å². The molecule has 0 saturated carbocycles. The van der Waals surface area contributed by atoms with Gasteiger partial charge in [0.2, 0.25) is 5.91 Å². The Balaban J connectivity index is 1.29. The van der Waals surface area contributed by atoms with Crippen molar-refractivity contribution in [1.29, 1.82) is 0 Å². The van der Waals surface area contributed by atoms with Crippen LogP contribution in [0.25, 0.3) is 0 Å². The first-order chi connectivity index (χ1) is 21.9. The molecule has 1 aromatic heterocycles. The molecule has 0 aliphatic carbocycles. The summed E-state index contributed by atoms with van der Waals surface area (Å²) in [6.45, 7) is 4.75. The lowest BCUT2D eigenvalue weighted by atomic mass is 9.90. The second-order valence-corrected chi connectivity index (χ2v) is 13.7. The molecule has 4 atom stereocenters. The predicted molar refractivity (Wildman–Crippen MR) is 174 cm³/mol. The fraction of sp³-hybridized carbons (Fsp3) is 0.257. The number of hydrogen-bond donors (Lipinski definition) is 1. The number of β-lactam (4-membered cyclic amide) rings is 1. The van der Waals surface area contributed by atoms with Gasteiger partial charge >= 0.3 is 0 Å². The number of aromatic nitrogens is 4. The van der Waals surface area contributed by atoms with E-state index in [2.05, 4.69) is 70.7 Å². The Hall–Kier alpha value is -4.83. The number of phenolic OH excluding ortho intramolecular Hbond substituents is 1. The third-order valence-corrected chi connectivity index (χ3v) is 10.2. The average molecular weight is 619 g/mol. The van der Waals surface area contributed by atoms with E-state index in [-0.39, 0.29) is 33.9 Å². The molecular weight excluding hydrogens is 584 g/mol. The molecule has 2 fully saturated rings. The van der Waals surface area contributed by atoms with E-state index < -0.39 is 6.04 Å². The summed E-state index contributed by atoms with van der Waals surface area (Å²) in [6, 6.07) is 34.6. The van der Waals surface area contributed by atoms with E-state index in [9.17, 15) is 9.90 Å². The van der Waals surface area contributed by atoms with Crippen LogP contribution >= 0.6 is 11.8 Å². The van der Waals surface area contributed by atoms with Crippen LogP contribution in [0.3, 0.4) is 0 Å².